The van der Waals surface area contributed by atoms with Crippen molar-refractivity contribution in [1.82, 2.24) is 4.90 Å². The Morgan fingerprint density at radius 2 is 2.00 bits per heavy atom. The maximum Gasteiger partial charge on any atom is 0.167 e. The molecule has 2 nitrogen and oxygen atoms in total. The molecule has 3 rings (SSSR count). The Balaban J connectivity index is 1.88. The Morgan fingerprint density at radius 1 is 1.25 bits per heavy atom. The molecule has 0 radical (unpaired) electrons. The van der Waals surface area contributed by atoms with Gasteiger partial charge in [-0.2, -0.15) is 0 Å². The third-order valence-electron chi connectivity index (χ3n) is 4.68. The maximum absolute atomic E-state index is 12.8. The summed E-state index contributed by atoms with van der Waals surface area (Å²) in [5.74, 6) is 0.857. The van der Waals surface area contributed by atoms with E-state index in [1.54, 1.807) is 0 Å². The van der Waals surface area contributed by atoms with Gasteiger partial charge in [0.25, 0.3) is 0 Å². The van der Waals surface area contributed by atoms with Gasteiger partial charge in [-0.15, -0.1) is 0 Å². The van der Waals surface area contributed by atoms with Crippen LogP contribution in [0.3, 0.4) is 0 Å². The molecular formula is C18H23NO. The van der Waals surface area contributed by atoms with Crippen molar-refractivity contribution in [2.75, 3.05) is 13.1 Å². The smallest absolute Gasteiger partial charge is 0.167 e. The molecule has 1 aromatic rings. The van der Waals surface area contributed by atoms with Gasteiger partial charge < -0.3 is 0 Å². The molecule has 0 spiro atoms. The zero-order chi connectivity index (χ0) is 14.1. The first-order chi connectivity index (χ1) is 9.66. The number of hydrogen-bond donors (Lipinski definition) is 0. The van der Waals surface area contributed by atoms with Crippen molar-refractivity contribution in [3.8, 4) is 0 Å². The first-order valence-corrected chi connectivity index (χ1v) is 7.65. The number of rotatable bonds is 3. The molecule has 0 aromatic heterocycles. The molecule has 106 valence electrons. The van der Waals surface area contributed by atoms with Crippen LogP contribution in [0.5, 0.6) is 0 Å². The van der Waals surface area contributed by atoms with Crippen molar-refractivity contribution in [3.63, 3.8) is 0 Å². The van der Waals surface area contributed by atoms with Crippen molar-refractivity contribution >= 4 is 5.78 Å². The van der Waals surface area contributed by atoms with Gasteiger partial charge in [-0.3, -0.25) is 9.69 Å². The van der Waals surface area contributed by atoms with Crippen molar-refractivity contribution in [3.05, 3.63) is 47.5 Å². The van der Waals surface area contributed by atoms with Crippen molar-refractivity contribution in [2.24, 2.45) is 11.8 Å². The number of carbonyl (C=O) groups excluding carboxylic acids is 1. The molecule has 0 saturated carbocycles. The van der Waals surface area contributed by atoms with Gasteiger partial charge >= 0.3 is 0 Å². The molecule has 0 amide bonds. The minimum atomic E-state index is 0.137. The lowest BCUT2D eigenvalue weighted by Gasteiger charge is -2.20. The molecule has 3 atom stereocenters. The molecule has 0 bridgehead atoms. The number of nitrogens with zero attached hydrogens (tertiary/aromatic N) is 1. The average molecular weight is 269 g/mol. The normalized spacial score (nSPS) is 29.2. The minimum Gasteiger partial charge on any atom is -0.299 e. The molecule has 0 unspecified atom stereocenters. The number of fused-ring (bicyclic) bond motifs is 1. The maximum atomic E-state index is 12.8. The molecule has 2 fully saturated rings. The summed E-state index contributed by atoms with van der Waals surface area (Å²) in [6.07, 6.45) is 4.86. The fourth-order valence-electron chi connectivity index (χ4n) is 3.84. The molecule has 20 heavy (non-hydrogen) atoms. The van der Waals surface area contributed by atoms with Crippen LogP contribution in [0.15, 0.2) is 42.0 Å². The third kappa shape index (κ3) is 2.45. The number of carbonyl (C=O) groups is 1. The van der Waals surface area contributed by atoms with E-state index in [0.29, 0.717) is 17.7 Å². The highest BCUT2D eigenvalue weighted by atomic mass is 16.1. The first kappa shape index (κ1) is 13.6. The zero-order valence-electron chi connectivity index (χ0n) is 12.4. The molecular weight excluding hydrogens is 246 g/mol. The van der Waals surface area contributed by atoms with E-state index in [1.807, 2.05) is 30.3 Å². The van der Waals surface area contributed by atoms with Crippen LogP contribution in [0, 0.1) is 11.8 Å². The monoisotopic (exact) mass is 269 g/mol. The fraction of sp³-hybridized carbons (Fsp3) is 0.500. The number of hydrogen-bond acceptors (Lipinski definition) is 2. The lowest BCUT2D eigenvalue weighted by molar-refractivity contribution is 0.0906. The highest BCUT2D eigenvalue weighted by Crippen LogP contribution is 2.39. The summed E-state index contributed by atoms with van der Waals surface area (Å²) in [6, 6.07) is 10.4. The quantitative estimate of drug-likeness (QED) is 0.618. The van der Waals surface area contributed by atoms with Gasteiger partial charge in [-0.05, 0) is 33.2 Å². The van der Waals surface area contributed by atoms with Crippen molar-refractivity contribution in [1.29, 1.82) is 0 Å². The lowest BCUT2D eigenvalue weighted by Crippen LogP contribution is -2.25. The molecule has 2 saturated heterocycles. The second-order valence-electron chi connectivity index (χ2n) is 6.36. The van der Waals surface area contributed by atoms with Gasteiger partial charge in [0.1, 0.15) is 0 Å². The zero-order valence-corrected chi connectivity index (χ0v) is 12.4. The van der Waals surface area contributed by atoms with E-state index < -0.39 is 0 Å². The highest BCUT2D eigenvalue weighted by Gasteiger charge is 2.45. The third-order valence-corrected chi connectivity index (χ3v) is 4.68. The summed E-state index contributed by atoms with van der Waals surface area (Å²) in [6.45, 7) is 6.38. The summed E-state index contributed by atoms with van der Waals surface area (Å²) in [7, 11) is 0. The second kappa shape index (κ2) is 5.53. The summed E-state index contributed by atoms with van der Waals surface area (Å²) in [5.41, 5.74) is 2.19. The number of ketones is 1. The van der Waals surface area contributed by atoms with E-state index in [0.717, 1.165) is 18.7 Å². The standard InChI is InChI=1S/C18H23NO/c1-13(2)11-15-16(12-19-10-6-9-17(15)19)18(20)14-7-4-3-5-8-14/h3-5,7-8,11,15-17H,6,9-10,12H2,1-2H3/t15-,16+,17+/m0/s1. The summed E-state index contributed by atoms with van der Waals surface area (Å²) < 4.78 is 0. The Hall–Kier alpha value is -1.41. The Morgan fingerprint density at radius 3 is 2.70 bits per heavy atom. The van der Waals surface area contributed by atoms with Crippen LogP contribution in [0.4, 0.5) is 0 Å². The molecule has 2 heteroatoms. The van der Waals surface area contributed by atoms with Gasteiger partial charge in [0, 0.05) is 30.0 Å². The van der Waals surface area contributed by atoms with Crippen LogP contribution >= 0.6 is 0 Å². The van der Waals surface area contributed by atoms with E-state index in [1.165, 1.54) is 18.4 Å². The highest BCUT2D eigenvalue weighted by molar-refractivity contribution is 5.98. The lowest BCUT2D eigenvalue weighted by atomic mass is 9.83. The van der Waals surface area contributed by atoms with Crippen LogP contribution in [-0.2, 0) is 0 Å². The van der Waals surface area contributed by atoms with E-state index in [-0.39, 0.29) is 5.92 Å². The second-order valence-corrected chi connectivity index (χ2v) is 6.36. The first-order valence-electron chi connectivity index (χ1n) is 7.65. The van der Waals surface area contributed by atoms with Crippen molar-refractivity contribution < 1.29 is 4.79 Å². The average Bonchev–Trinajstić information content (AvgIpc) is 3.01. The summed E-state index contributed by atoms with van der Waals surface area (Å²) in [4.78, 5) is 15.3. The van der Waals surface area contributed by atoms with Gasteiger partial charge in [-0.1, -0.05) is 42.0 Å². The number of benzene rings is 1. The predicted molar refractivity (Wildman–Crippen MR) is 81.8 cm³/mol. The predicted octanol–water partition coefficient (Wildman–Crippen LogP) is 3.55. The van der Waals surface area contributed by atoms with Gasteiger partial charge in [-0.25, -0.2) is 0 Å². The Bertz CT molecular complexity index is 515. The molecule has 1 aromatic carbocycles. The molecule has 2 aliphatic heterocycles. The summed E-state index contributed by atoms with van der Waals surface area (Å²) in [5, 5.41) is 0. The Labute approximate surface area is 121 Å². The van der Waals surface area contributed by atoms with Crippen LogP contribution in [0.2, 0.25) is 0 Å². The number of allylic oxidation sites excluding steroid dienone is 1. The van der Waals surface area contributed by atoms with E-state index >= 15 is 0 Å². The fourth-order valence-corrected chi connectivity index (χ4v) is 3.84. The summed E-state index contributed by atoms with van der Waals surface area (Å²) >= 11 is 0. The molecule has 2 heterocycles. The van der Waals surface area contributed by atoms with Crippen LogP contribution in [0.25, 0.3) is 0 Å². The SMILES string of the molecule is CC(C)=C[C@@H]1[C@H]2CCCN2C[C@H]1C(=O)c1ccccc1. The van der Waals surface area contributed by atoms with Gasteiger partial charge in [0.05, 0.1) is 0 Å². The van der Waals surface area contributed by atoms with Crippen molar-refractivity contribution in [2.45, 2.75) is 32.7 Å². The largest absolute Gasteiger partial charge is 0.299 e. The van der Waals surface area contributed by atoms with E-state index in [4.69, 9.17) is 0 Å². The topological polar surface area (TPSA) is 20.3 Å². The van der Waals surface area contributed by atoms with Crippen LogP contribution in [0.1, 0.15) is 37.0 Å². The molecule has 0 aliphatic carbocycles. The number of Topliss-reactive ketones (excluding diaryl/α,β-unsaturated/α-hetero) is 1. The Kier molecular flexibility index (Phi) is 3.75. The van der Waals surface area contributed by atoms with E-state index in [9.17, 15) is 4.79 Å². The van der Waals surface area contributed by atoms with Crippen LogP contribution < -0.4 is 0 Å². The van der Waals surface area contributed by atoms with E-state index in [2.05, 4.69) is 24.8 Å². The van der Waals surface area contributed by atoms with Gasteiger partial charge in [0.2, 0.25) is 0 Å². The molecule has 2 aliphatic rings. The molecule has 0 N–H and O–H groups in total. The van der Waals surface area contributed by atoms with Crippen LogP contribution in [-0.4, -0.2) is 29.8 Å². The van der Waals surface area contributed by atoms with Gasteiger partial charge in [0.15, 0.2) is 5.78 Å². The minimum absolute atomic E-state index is 0.137.